The number of ether oxygens (including phenoxy) is 1. The number of amides is 1. The molecule has 3 rings (SSSR count). The molecule has 2 heterocycles. The number of carbonyl (C=O) groups is 1. The van der Waals surface area contributed by atoms with Gasteiger partial charge in [0, 0.05) is 24.0 Å². The summed E-state index contributed by atoms with van der Waals surface area (Å²) in [6, 6.07) is 0.561. The number of aromatic nitrogens is 1. The van der Waals surface area contributed by atoms with Crippen LogP contribution in [-0.4, -0.2) is 40.7 Å². The van der Waals surface area contributed by atoms with Crippen LogP contribution in [0.25, 0.3) is 0 Å². The minimum absolute atomic E-state index is 0.206. The van der Waals surface area contributed by atoms with Crippen LogP contribution in [0.15, 0.2) is 0 Å². The Balaban J connectivity index is 1.52. The van der Waals surface area contributed by atoms with Gasteiger partial charge in [-0.1, -0.05) is 0 Å². The molecule has 23 heavy (non-hydrogen) atoms. The highest BCUT2D eigenvalue weighted by molar-refractivity contribution is 7.11. The summed E-state index contributed by atoms with van der Waals surface area (Å²) in [4.78, 5) is 20.2. The molecule has 6 heteroatoms. The molecule has 1 saturated heterocycles. The number of likely N-dealkylation sites (tertiary alicyclic amines) is 1. The maximum atomic E-state index is 12.1. The zero-order valence-electron chi connectivity index (χ0n) is 14.5. The number of fused-ring (bicyclic) bond motifs is 1. The highest BCUT2D eigenvalue weighted by atomic mass is 32.1. The van der Waals surface area contributed by atoms with E-state index in [2.05, 4.69) is 12.2 Å². The van der Waals surface area contributed by atoms with Crippen molar-refractivity contribution in [3.63, 3.8) is 0 Å². The summed E-state index contributed by atoms with van der Waals surface area (Å²) in [5.41, 5.74) is 0.873. The first-order valence-corrected chi connectivity index (χ1v) is 9.36. The number of rotatable bonds is 3. The Morgan fingerprint density at radius 1 is 1.43 bits per heavy atom. The second kappa shape index (κ2) is 6.40. The minimum Gasteiger partial charge on any atom is -0.444 e. The van der Waals surface area contributed by atoms with Crippen LogP contribution in [0.3, 0.4) is 0 Å². The summed E-state index contributed by atoms with van der Waals surface area (Å²) in [7, 11) is 0. The highest BCUT2D eigenvalue weighted by Crippen LogP contribution is 2.31. The number of aryl methyl sites for hydroxylation is 2. The Bertz CT molecular complexity index is 557. The normalized spacial score (nSPS) is 22.3. The first-order valence-electron chi connectivity index (χ1n) is 8.54. The smallest absolute Gasteiger partial charge is 0.410 e. The van der Waals surface area contributed by atoms with Gasteiger partial charge >= 0.3 is 6.09 Å². The zero-order valence-corrected chi connectivity index (χ0v) is 15.3. The molecule has 1 amide bonds. The third-order valence-electron chi connectivity index (χ3n) is 4.31. The molecule has 0 bridgehead atoms. The van der Waals surface area contributed by atoms with Crippen LogP contribution in [0.1, 0.15) is 62.2 Å². The van der Waals surface area contributed by atoms with Crippen LogP contribution >= 0.6 is 11.3 Å². The third-order valence-corrected chi connectivity index (χ3v) is 5.65. The van der Waals surface area contributed by atoms with Gasteiger partial charge in [0.1, 0.15) is 10.6 Å². The number of hydrogen-bond acceptors (Lipinski definition) is 5. The highest BCUT2D eigenvalue weighted by Gasteiger charge is 2.31. The van der Waals surface area contributed by atoms with Crippen molar-refractivity contribution >= 4 is 17.4 Å². The van der Waals surface area contributed by atoms with Crippen molar-refractivity contribution in [3.05, 3.63) is 15.6 Å². The second-order valence-corrected chi connectivity index (χ2v) is 8.69. The first kappa shape index (κ1) is 16.7. The van der Waals surface area contributed by atoms with Gasteiger partial charge in [-0.25, -0.2) is 9.78 Å². The molecule has 2 atom stereocenters. The summed E-state index contributed by atoms with van der Waals surface area (Å²) in [5.74, 6) is 0. The summed E-state index contributed by atoms with van der Waals surface area (Å²) >= 11 is 1.85. The van der Waals surface area contributed by atoms with E-state index < -0.39 is 5.60 Å². The molecule has 0 spiro atoms. The van der Waals surface area contributed by atoms with Gasteiger partial charge in [0.15, 0.2) is 0 Å². The lowest BCUT2D eigenvalue weighted by molar-refractivity contribution is 0.0290. The molecule has 1 aromatic rings. The lowest BCUT2D eigenvalue weighted by atomic mass is 10.2. The summed E-state index contributed by atoms with van der Waals surface area (Å²) in [6.07, 6.45) is 4.34. The predicted octanol–water partition coefficient (Wildman–Crippen LogP) is 3.29. The molecule has 5 nitrogen and oxygen atoms in total. The third kappa shape index (κ3) is 4.04. The average molecular weight is 337 g/mol. The predicted molar refractivity (Wildman–Crippen MR) is 91.9 cm³/mol. The zero-order chi connectivity index (χ0) is 16.6. The summed E-state index contributed by atoms with van der Waals surface area (Å²) in [5, 5.41) is 4.82. The molecule has 1 aliphatic heterocycles. The Morgan fingerprint density at radius 3 is 2.91 bits per heavy atom. The number of nitrogens with one attached hydrogen (secondary N) is 1. The van der Waals surface area contributed by atoms with Gasteiger partial charge < -0.3 is 15.0 Å². The topological polar surface area (TPSA) is 54.5 Å². The van der Waals surface area contributed by atoms with Crippen LogP contribution in [0, 0.1) is 0 Å². The van der Waals surface area contributed by atoms with Crippen molar-refractivity contribution < 1.29 is 9.53 Å². The van der Waals surface area contributed by atoms with Gasteiger partial charge in [-0.3, -0.25) is 0 Å². The first-order chi connectivity index (χ1) is 10.8. The molecule has 0 radical (unpaired) electrons. The molecule has 0 unspecified atom stereocenters. The number of thiazole rings is 1. The Morgan fingerprint density at radius 2 is 2.22 bits per heavy atom. The fourth-order valence-electron chi connectivity index (χ4n) is 3.21. The number of carbonyl (C=O) groups excluding carboxylic acids is 1. The van der Waals surface area contributed by atoms with E-state index in [9.17, 15) is 4.79 Å². The SMILES string of the molecule is C[C@H](N[C@H]1CCN(C(=O)OC(C)(C)C)C1)c1nc2c(s1)CCC2. The van der Waals surface area contributed by atoms with Crippen molar-refractivity contribution in [2.75, 3.05) is 13.1 Å². The van der Waals surface area contributed by atoms with E-state index in [1.54, 1.807) is 4.90 Å². The van der Waals surface area contributed by atoms with Crippen LogP contribution in [-0.2, 0) is 17.6 Å². The Kier molecular flexibility index (Phi) is 4.65. The van der Waals surface area contributed by atoms with Crippen LogP contribution in [0.5, 0.6) is 0 Å². The van der Waals surface area contributed by atoms with E-state index >= 15 is 0 Å². The maximum absolute atomic E-state index is 12.1. The molecule has 2 aliphatic rings. The van der Waals surface area contributed by atoms with Gasteiger partial charge in [0.2, 0.25) is 0 Å². The molecular formula is C17H27N3O2S. The van der Waals surface area contributed by atoms with Gasteiger partial charge in [0.25, 0.3) is 0 Å². The maximum Gasteiger partial charge on any atom is 0.410 e. The average Bonchev–Trinajstić information content (AvgIpc) is 3.10. The van der Waals surface area contributed by atoms with E-state index in [1.807, 2.05) is 32.1 Å². The van der Waals surface area contributed by atoms with E-state index in [0.29, 0.717) is 12.6 Å². The monoisotopic (exact) mass is 337 g/mol. The summed E-state index contributed by atoms with van der Waals surface area (Å²) in [6.45, 7) is 9.35. The van der Waals surface area contributed by atoms with E-state index in [0.717, 1.165) is 19.4 Å². The van der Waals surface area contributed by atoms with Crippen LogP contribution in [0.4, 0.5) is 4.79 Å². The fourth-order valence-corrected chi connectivity index (χ4v) is 4.37. The van der Waals surface area contributed by atoms with Gasteiger partial charge in [0.05, 0.1) is 11.7 Å². The molecule has 1 aromatic heterocycles. The molecule has 1 fully saturated rings. The van der Waals surface area contributed by atoms with E-state index in [1.165, 1.54) is 28.4 Å². The Hall–Kier alpha value is -1.14. The van der Waals surface area contributed by atoms with Crippen LogP contribution in [0.2, 0.25) is 0 Å². The largest absolute Gasteiger partial charge is 0.444 e. The number of nitrogens with zero attached hydrogens (tertiary/aromatic N) is 2. The summed E-state index contributed by atoms with van der Waals surface area (Å²) < 4.78 is 5.45. The Labute approximate surface area is 142 Å². The standard InChI is InChI=1S/C17H27N3O2S/c1-11(15-19-13-6-5-7-14(13)23-15)18-12-8-9-20(10-12)16(21)22-17(2,3)4/h11-12,18H,5-10H2,1-4H3/t11-,12-/m0/s1. The molecule has 1 aliphatic carbocycles. The molecule has 0 saturated carbocycles. The molecule has 0 aromatic carbocycles. The van der Waals surface area contributed by atoms with Crippen LogP contribution < -0.4 is 5.32 Å². The van der Waals surface area contributed by atoms with Crippen molar-refractivity contribution in [2.24, 2.45) is 0 Å². The lowest BCUT2D eigenvalue weighted by Crippen LogP contribution is -2.39. The van der Waals surface area contributed by atoms with Gasteiger partial charge in [-0.2, -0.15) is 0 Å². The van der Waals surface area contributed by atoms with Gasteiger partial charge in [-0.05, 0) is 53.4 Å². The molecule has 128 valence electrons. The fraction of sp³-hybridized carbons (Fsp3) is 0.765. The van der Waals surface area contributed by atoms with E-state index in [-0.39, 0.29) is 12.1 Å². The van der Waals surface area contributed by atoms with Crippen molar-refractivity contribution in [1.29, 1.82) is 0 Å². The molecular weight excluding hydrogens is 310 g/mol. The van der Waals surface area contributed by atoms with Crippen molar-refractivity contribution in [2.45, 2.75) is 71.1 Å². The van der Waals surface area contributed by atoms with Crippen molar-refractivity contribution in [1.82, 2.24) is 15.2 Å². The van der Waals surface area contributed by atoms with Crippen molar-refractivity contribution in [3.8, 4) is 0 Å². The van der Waals surface area contributed by atoms with E-state index in [4.69, 9.17) is 9.72 Å². The van der Waals surface area contributed by atoms with Gasteiger partial charge in [-0.15, -0.1) is 11.3 Å². The minimum atomic E-state index is -0.433. The lowest BCUT2D eigenvalue weighted by Gasteiger charge is -2.24. The second-order valence-electron chi connectivity index (χ2n) is 7.58. The quantitative estimate of drug-likeness (QED) is 0.919. The molecule has 1 N–H and O–H groups in total. The number of hydrogen-bond donors (Lipinski definition) is 1.